The molecule has 1 amide bonds. The van der Waals surface area contributed by atoms with Crippen molar-refractivity contribution < 1.29 is 14.3 Å². The Morgan fingerprint density at radius 2 is 2.00 bits per heavy atom. The van der Waals surface area contributed by atoms with Gasteiger partial charge in [0.2, 0.25) is 0 Å². The molecule has 1 unspecified atom stereocenters. The molecule has 23 heavy (non-hydrogen) atoms. The van der Waals surface area contributed by atoms with Gasteiger partial charge in [0.05, 0.1) is 0 Å². The molecule has 1 N–H and O–H groups in total. The molecule has 3 rings (SSSR count). The molecule has 2 heterocycles. The fourth-order valence-electron chi connectivity index (χ4n) is 3.24. The van der Waals surface area contributed by atoms with Gasteiger partial charge in [0.25, 0.3) is 5.91 Å². The van der Waals surface area contributed by atoms with E-state index in [1.165, 1.54) is 0 Å². The minimum absolute atomic E-state index is 0.0371. The van der Waals surface area contributed by atoms with Crippen LogP contribution in [0.5, 0.6) is 5.75 Å². The molecule has 1 aromatic carbocycles. The second kappa shape index (κ2) is 7.99. The maximum absolute atomic E-state index is 12.0. The lowest BCUT2D eigenvalue weighted by molar-refractivity contribution is -0.123. The number of likely N-dealkylation sites (tertiary alicyclic amines) is 1. The molecular weight excluding hydrogens is 316 g/mol. The lowest BCUT2D eigenvalue weighted by Gasteiger charge is -2.31. The van der Waals surface area contributed by atoms with Crippen LogP contribution in [0.1, 0.15) is 19.3 Å². The lowest BCUT2D eigenvalue weighted by atomic mass is 10.1. The summed E-state index contributed by atoms with van der Waals surface area (Å²) in [6, 6.07) is 7.85. The van der Waals surface area contributed by atoms with E-state index in [1.807, 2.05) is 0 Å². The van der Waals surface area contributed by atoms with Crippen LogP contribution in [0, 0.1) is 0 Å². The van der Waals surface area contributed by atoms with Crippen LogP contribution in [0.3, 0.4) is 0 Å². The van der Waals surface area contributed by atoms with Gasteiger partial charge in [0.15, 0.2) is 6.61 Å². The average molecular weight is 339 g/mol. The van der Waals surface area contributed by atoms with Crippen LogP contribution in [0.2, 0.25) is 5.02 Å². The number of rotatable bonds is 5. The zero-order valence-corrected chi connectivity index (χ0v) is 13.9. The molecule has 1 aromatic rings. The summed E-state index contributed by atoms with van der Waals surface area (Å²) in [5, 5.41) is 3.72. The third-order valence-corrected chi connectivity index (χ3v) is 4.73. The van der Waals surface area contributed by atoms with E-state index in [1.54, 1.807) is 24.3 Å². The highest BCUT2D eigenvalue weighted by molar-refractivity contribution is 6.30. The van der Waals surface area contributed by atoms with Crippen molar-refractivity contribution >= 4 is 17.5 Å². The first kappa shape index (κ1) is 16.6. The molecule has 0 bridgehead atoms. The van der Waals surface area contributed by atoms with E-state index in [0.717, 1.165) is 45.6 Å². The van der Waals surface area contributed by atoms with E-state index in [0.29, 0.717) is 16.8 Å². The molecule has 0 aliphatic carbocycles. The van der Waals surface area contributed by atoms with Gasteiger partial charge < -0.3 is 14.8 Å². The molecule has 2 fully saturated rings. The number of ether oxygens (including phenoxy) is 2. The van der Waals surface area contributed by atoms with Crippen LogP contribution in [0.15, 0.2) is 24.3 Å². The third kappa shape index (κ3) is 4.83. The predicted octanol–water partition coefficient (Wildman–Crippen LogP) is 2.09. The van der Waals surface area contributed by atoms with Crippen molar-refractivity contribution in [3.05, 3.63) is 29.3 Å². The fraction of sp³-hybridized carbons (Fsp3) is 0.588. The monoisotopic (exact) mass is 338 g/mol. The van der Waals surface area contributed by atoms with Crippen molar-refractivity contribution in [1.29, 1.82) is 0 Å². The summed E-state index contributed by atoms with van der Waals surface area (Å²) in [7, 11) is 0. The van der Waals surface area contributed by atoms with Gasteiger partial charge in [-0.25, -0.2) is 0 Å². The molecule has 1 atom stereocenters. The number of halogens is 1. The molecule has 2 saturated heterocycles. The van der Waals surface area contributed by atoms with Crippen molar-refractivity contribution in [2.24, 2.45) is 0 Å². The summed E-state index contributed by atoms with van der Waals surface area (Å²) in [5.74, 6) is 0.582. The molecule has 2 aliphatic heterocycles. The second-order valence-electron chi connectivity index (χ2n) is 6.13. The third-order valence-electron chi connectivity index (χ3n) is 4.48. The van der Waals surface area contributed by atoms with Crippen LogP contribution in [0.25, 0.3) is 0 Å². The highest BCUT2D eigenvalue weighted by Crippen LogP contribution is 2.20. The zero-order chi connectivity index (χ0) is 16.1. The van der Waals surface area contributed by atoms with Crippen LogP contribution >= 0.6 is 11.6 Å². The number of amides is 1. The Kier molecular flexibility index (Phi) is 5.75. The van der Waals surface area contributed by atoms with Gasteiger partial charge in [-0.1, -0.05) is 11.6 Å². The van der Waals surface area contributed by atoms with Crippen LogP contribution in [-0.4, -0.2) is 55.8 Å². The van der Waals surface area contributed by atoms with Crippen molar-refractivity contribution in [3.8, 4) is 5.75 Å². The molecule has 0 radical (unpaired) electrons. The normalized spacial score (nSPS) is 22.9. The van der Waals surface area contributed by atoms with Crippen molar-refractivity contribution in [2.45, 2.75) is 31.3 Å². The highest BCUT2D eigenvalue weighted by atomic mass is 35.5. The number of nitrogens with one attached hydrogen (secondary N) is 1. The van der Waals surface area contributed by atoms with Crippen LogP contribution < -0.4 is 10.1 Å². The molecule has 2 aliphatic rings. The van der Waals surface area contributed by atoms with Gasteiger partial charge in [0, 0.05) is 43.4 Å². The Hall–Kier alpha value is -1.30. The van der Waals surface area contributed by atoms with Crippen molar-refractivity contribution in [1.82, 2.24) is 10.2 Å². The Morgan fingerprint density at radius 1 is 1.26 bits per heavy atom. The molecule has 5 nitrogen and oxygen atoms in total. The quantitative estimate of drug-likeness (QED) is 0.893. The van der Waals surface area contributed by atoms with E-state index in [9.17, 15) is 4.79 Å². The van der Waals surface area contributed by atoms with Gasteiger partial charge in [-0.3, -0.25) is 9.69 Å². The van der Waals surface area contributed by atoms with Crippen molar-refractivity contribution in [2.75, 3.05) is 32.9 Å². The predicted molar refractivity (Wildman–Crippen MR) is 88.9 cm³/mol. The first-order valence-electron chi connectivity index (χ1n) is 8.20. The smallest absolute Gasteiger partial charge is 0.258 e. The molecule has 0 aromatic heterocycles. The topological polar surface area (TPSA) is 50.8 Å². The number of carbonyl (C=O) groups is 1. The minimum atomic E-state index is -0.0706. The van der Waals surface area contributed by atoms with E-state index >= 15 is 0 Å². The maximum Gasteiger partial charge on any atom is 0.258 e. The second-order valence-corrected chi connectivity index (χ2v) is 6.57. The van der Waals surface area contributed by atoms with E-state index in [2.05, 4.69) is 10.2 Å². The summed E-state index contributed by atoms with van der Waals surface area (Å²) in [6.45, 7) is 3.72. The van der Waals surface area contributed by atoms with Crippen LogP contribution in [0.4, 0.5) is 0 Å². The van der Waals surface area contributed by atoms with Gasteiger partial charge >= 0.3 is 0 Å². The van der Waals surface area contributed by atoms with Gasteiger partial charge in [-0.15, -0.1) is 0 Å². The average Bonchev–Trinajstić information content (AvgIpc) is 3.04. The van der Waals surface area contributed by atoms with Gasteiger partial charge in [0.1, 0.15) is 5.75 Å². The summed E-state index contributed by atoms with van der Waals surface area (Å²) in [6.07, 6.45) is 3.20. The van der Waals surface area contributed by atoms with Crippen molar-refractivity contribution in [3.63, 3.8) is 0 Å². The zero-order valence-electron chi connectivity index (χ0n) is 13.2. The first-order valence-corrected chi connectivity index (χ1v) is 8.58. The Labute approximate surface area is 141 Å². The Bertz CT molecular complexity index is 517. The fourth-order valence-corrected chi connectivity index (χ4v) is 3.36. The molecular formula is C17H23ClN2O3. The minimum Gasteiger partial charge on any atom is -0.484 e. The molecule has 0 spiro atoms. The lowest BCUT2D eigenvalue weighted by Crippen LogP contribution is -2.42. The number of benzene rings is 1. The number of hydrogen-bond donors (Lipinski definition) is 1. The number of carbonyl (C=O) groups excluding carboxylic acids is 1. The Morgan fingerprint density at radius 3 is 2.74 bits per heavy atom. The van der Waals surface area contributed by atoms with E-state index in [-0.39, 0.29) is 18.6 Å². The highest BCUT2D eigenvalue weighted by Gasteiger charge is 2.30. The maximum atomic E-state index is 12.0. The van der Waals surface area contributed by atoms with E-state index < -0.39 is 0 Å². The first-order chi connectivity index (χ1) is 11.2. The van der Waals surface area contributed by atoms with Gasteiger partial charge in [-0.05, 0) is 43.5 Å². The molecule has 6 heteroatoms. The molecule has 0 saturated carbocycles. The largest absolute Gasteiger partial charge is 0.484 e. The number of nitrogens with zero attached hydrogens (tertiary/aromatic N) is 1. The molecule has 126 valence electrons. The Balaban J connectivity index is 1.39. The number of hydrogen-bond acceptors (Lipinski definition) is 4. The van der Waals surface area contributed by atoms with Gasteiger partial charge in [-0.2, -0.15) is 0 Å². The van der Waals surface area contributed by atoms with E-state index in [4.69, 9.17) is 21.1 Å². The SMILES string of the molecule is O=C(COc1ccc(Cl)cc1)NC1CCN(C2CCOCC2)C1. The summed E-state index contributed by atoms with van der Waals surface area (Å²) in [5.41, 5.74) is 0. The summed E-state index contributed by atoms with van der Waals surface area (Å²) in [4.78, 5) is 14.5. The van der Waals surface area contributed by atoms with Crippen LogP contribution in [-0.2, 0) is 9.53 Å². The summed E-state index contributed by atoms with van der Waals surface area (Å²) >= 11 is 5.82. The standard InChI is InChI=1S/C17H23ClN2O3/c18-13-1-3-16(4-2-13)23-12-17(21)19-14-5-8-20(11-14)15-6-9-22-10-7-15/h1-4,14-15H,5-12H2,(H,19,21). The summed E-state index contributed by atoms with van der Waals surface area (Å²) < 4.78 is 10.9.